The van der Waals surface area contributed by atoms with E-state index in [9.17, 15) is 18.0 Å². The van der Waals surface area contributed by atoms with E-state index in [4.69, 9.17) is 5.84 Å². The number of hydrazine groups is 1. The summed E-state index contributed by atoms with van der Waals surface area (Å²) >= 11 is 0. The molecule has 0 radical (unpaired) electrons. The van der Waals surface area contributed by atoms with Crippen LogP contribution in [0, 0.1) is 0 Å². The van der Waals surface area contributed by atoms with Crippen LogP contribution in [0.25, 0.3) is 0 Å². The SMILES string of the molecule is NNC(=O)N=Cc1ccccc1C(F)(F)F. The molecule has 86 valence electrons. The Morgan fingerprint density at radius 1 is 1.38 bits per heavy atom. The highest BCUT2D eigenvalue weighted by molar-refractivity contribution is 5.91. The van der Waals surface area contributed by atoms with Gasteiger partial charge in [-0.2, -0.15) is 13.2 Å². The topological polar surface area (TPSA) is 67.5 Å². The molecule has 0 spiro atoms. The number of aliphatic imine (C=N–C) groups is 1. The molecule has 0 saturated carbocycles. The van der Waals surface area contributed by atoms with Gasteiger partial charge in [0, 0.05) is 11.8 Å². The molecule has 0 unspecified atom stereocenters. The molecule has 7 heteroatoms. The van der Waals surface area contributed by atoms with Crippen LogP contribution in [0.1, 0.15) is 11.1 Å². The summed E-state index contributed by atoms with van der Waals surface area (Å²) in [6, 6.07) is 3.86. The molecule has 16 heavy (non-hydrogen) atoms. The Balaban J connectivity index is 3.05. The summed E-state index contributed by atoms with van der Waals surface area (Å²) in [6.45, 7) is 0. The van der Waals surface area contributed by atoms with Gasteiger partial charge < -0.3 is 0 Å². The average Bonchev–Trinajstić information content (AvgIpc) is 2.25. The third kappa shape index (κ3) is 3.06. The Morgan fingerprint density at radius 2 is 2.00 bits per heavy atom. The number of nitrogens with one attached hydrogen (secondary N) is 1. The van der Waals surface area contributed by atoms with Crippen molar-refractivity contribution >= 4 is 12.2 Å². The maximum Gasteiger partial charge on any atom is 0.417 e. The molecular weight excluding hydrogens is 223 g/mol. The van der Waals surface area contributed by atoms with Gasteiger partial charge in [-0.1, -0.05) is 18.2 Å². The molecule has 0 bridgehead atoms. The third-order valence-corrected chi connectivity index (χ3v) is 1.71. The lowest BCUT2D eigenvalue weighted by molar-refractivity contribution is -0.137. The van der Waals surface area contributed by atoms with Gasteiger partial charge in [0.2, 0.25) is 0 Å². The summed E-state index contributed by atoms with van der Waals surface area (Å²) in [6.07, 6.45) is -3.67. The molecule has 0 aliphatic rings. The van der Waals surface area contributed by atoms with Crippen molar-refractivity contribution in [2.75, 3.05) is 0 Å². The number of amides is 2. The minimum atomic E-state index is -4.48. The number of urea groups is 1. The van der Waals surface area contributed by atoms with Gasteiger partial charge in [0.15, 0.2) is 0 Å². The Labute approximate surface area is 88.9 Å². The third-order valence-electron chi connectivity index (χ3n) is 1.71. The van der Waals surface area contributed by atoms with Crippen LogP contribution in [-0.4, -0.2) is 12.2 Å². The molecule has 0 aromatic heterocycles. The lowest BCUT2D eigenvalue weighted by Gasteiger charge is -2.08. The van der Waals surface area contributed by atoms with Crippen molar-refractivity contribution < 1.29 is 18.0 Å². The minimum absolute atomic E-state index is 0.196. The first kappa shape index (κ1) is 12.2. The number of halogens is 3. The normalized spacial score (nSPS) is 11.8. The second-order valence-corrected chi connectivity index (χ2v) is 2.79. The lowest BCUT2D eigenvalue weighted by Crippen LogP contribution is -2.27. The highest BCUT2D eigenvalue weighted by Gasteiger charge is 2.32. The predicted octanol–water partition coefficient (Wildman–Crippen LogP) is 1.71. The molecular formula is C9H8F3N3O. The van der Waals surface area contributed by atoms with Crippen molar-refractivity contribution in [1.29, 1.82) is 0 Å². The van der Waals surface area contributed by atoms with Gasteiger partial charge in [0.1, 0.15) is 0 Å². The van der Waals surface area contributed by atoms with Gasteiger partial charge in [0.05, 0.1) is 5.56 Å². The van der Waals surface area contributed by atoms with Gasteiger partial charge in [-0.05, 0) is 6.07 Å². The first-order chi connectivity index (χ1) is 7.45. The summed E-state index contributed by atoms with van der Waals surface area (Å²) in [5, 5.41) is 0. The Bertz CT molecular complexity index is 415. The summed E-state index contributed by atoms with van der Waals surface area (Å²) in [7, 11) is 0. The lowest BCUT2D eigenvalue weighted by atomic mass is 10.1. The van der Waals surface area contributed by atoms with Crippen LogP contribution < -0.4 is 11.3 Å². The monoisotopic (exact) mass is 231 g/mol. The van der Waals surface area contributed by atoms with E-state index in [1.807, 2.05) is 0 Å². The van der Waals surface area contributed by atoms with E-state index in [0.717, 1.165) is 12.3 Å². The zero-order valence-corrected chi connectivity index (χ0v) is 7.95. The molecule has 1 aromatic carbocycles. The number of benzene rings is 1. The van der Waals surface area contributed by atoms with Crippen LogP contribution in [0.4, 0.5) is 18.0 Å². The number of carbonyl (C=O) groups excluding carboxylic acids is 1. The van der Waals surface area contributed by atoms with Crippen LogP contribution in [-0.2, 0) is 6.18 Å². The molecule has 0 atom stereocenters. The Kier molecular flexibility index (Phi) is 3.62. The van der Waals surface area contributed by atoms with E-state index in [1.54, 1.807) is 5.43 Å². The molecule has 0 heterocycles. The largest absolute Gasteiger partial charge is 0.417 e. The molecule has 0 aliphatic carbocycles. The highest BCUT2D eigenvalue weighted by Crippen LogP contribution is 2.30. The molecule has 2 amide bonds. The molecule has 1 aromatic rings. The molecule has 1 rings (SSSR count). The van der Waals surface area contributed by atoms with Gasteiger partial charge in [-0.15, -0.1) is 0 Å². The zero-order valence-electron chi connectivity index (χ0n) is 7.95. The average molecular weight is 231 g/mol. The van der Waals surface area contributed by atoms with E-state index in [2.05, 4.69) is 4.99 Å². The summed E-state index contributed by atoms with van der Waals surface area (Å²) in [5.74, 6) is 4.72. The van der Waals surface area contributed by atoms with Crippen LogP contribution in [0.3, 0.4) is 0 Å². The van der Waals surface area contributed by atoms with Gasteiger partial charge in [-0.3, -0.25) is 5.43 Å². The number of rotatable bonds is 1. The van der Waals surface area contributed by atoms with E-state index in [1.165, 1.54) is 18.2 Å². The van der Waals surface area contributed by atoms with E-state index in [-0.39, 0.29) is 5.56 Å². The molecule has 0 aliphatic heterocycles. The number of hydrogen-bond donors (Lipinski definition) is 2. The van der Waals surface area contributed by atoms with Crippen molar-refractivity contribution in [2.24, 2.45) is 10.8 Å². The predicted molar refractivity (Wildman–Crippen MR) is 51.8 cm³/mol. The van der Waals surface area contributed by atoms with Gasteiger partial charge in [0.25, 0.3) is 0 Å². The molecule has 0 saturated heterocycles. The highest BCUT2D eigenvalue weighted by atomic mass is 19.4. The maximum absolute atomic E-state index is 12.5. The Morgan fingerprint density at radius 3 is 2.56 bits per heavy atom. The summed E-state index contributed by atoms with van der Waals surface area (Å²) in [5.41, 5.74) is 0.622. The zero-order chi connectivity index (χ0) is 12.2. The van der Waals surface area contributed by atoms with Crippen LogP contribution in [0.2, 0.25) is 0 Å². The van der Waals surface area contributed by atoms with Crippen LogP contribution >= 0.6 is 0 Å². The van der Waals surface area contributed by atoms with Gasteiger partial charge >= 0.3 is 12.2 Å². The summed E-state index contributed by atoms with van der Waals surface area (Å²) < 4.78 is 37.4. The quantitative estimate of drug-likeness (QED) is 0.334. The van der Waals surface area contributed by atoms with Crippen LogP contribution in [0.15, 0.2) is 29.3 Å². The number of hydrogen-bond acceptors (Lipinski definition) is 2. The smallest absolute Gasteiger partial charge is 0.274 e. The van der Waals surface area contributed by atoms with E-state index >= 15 is 0 Å². The number of nitrogens with zero attached hydrogens (tertiary/aromatic N) is 1. The summed E-state index contributed by atoms with van der Waals surface area (Å²) in [4.78, 5) is 13.8. The van der Waals surface area contributed by atoms with E-state index in [0.29, 0.717) is 0 Å². The second-order valence-electron chi connectivity index (χ2n) is 2.79. The van der Waals surface area contributed by atoms with Crippen molar-refractivity contribution in [3.05, 3.63) is 35.4 Å². The van der Waals surface area contributed by atoms with Crippen molar-refractivity contribution in [3.63, 3.8) is 0 Å². The van der Waals surface area contributed by atoms with Crippen molar-refractivity contribution in [3.8, 4) is 0 Å². The van der Waals surface area contributed by atoms with Crippen LogP contribution in [0.5, 0.6) is 0 Å². The molecule has 0 fully saturated rings. The Hall–Kier alpha value is -1.89. The second kappa shape index (κ2) is 4.75. The fourth-order valence-corrected chi connectivity index (χ4v) is 1.03. The number of alkyl halides is 3. The number of carbonyl (C=O) groups is 1. The minimum Gasteiger partial charge on any atom is -0.274 e. The molecule has 3 N–H and O–H groups in total. The fraction of sp³-hybridized carbons (Fsp3) is 0.111. The van der Waals surface area contributed by atoms with Crippen molar-refractivity contribution in [2.45, 2.75) is 6.18 Å². The first-order valence-electron chi connectivity index (χ1n) is 4.16. The molecule has 4 nitrogen and oxygen atoms in total. The first-order valence-corrected chi connectivity index (χ1v) is 4.16. The maximum atomic E-state index is 12.5. The fourth-order valence-electron chi connectivity index (χ4n) is 1.03. The number of nitrogens with two attached hydrogens (primary N) is 1. The van der Waals surface area contributed by atoms with Crippen molar-refractivity contribution in [1.82, 2.24) is 5.43 Å². The van der Waals surface area contributed by atoms with Gasteiger partial charge in [-0.25, -0.2) is 15.6 Å². The van der Waals surface area contributed by atoms with E-state index < -0.39 is 17.8 Å². The standard InChI is InChI=1S/C9H8F3N3O/c10-9(11,12)7-4-2-1-3-6(7)5-14-8(16)15-13/h1-5H,13H2,(H,15,16).